The summed E-state index contributed by atoms with van der Waals surface area (Å²) in [4.78, 5) is 5.70. The Kier molecular flexibility index (Phi) is 3.58. The lowest BCUT2D eigenvalue weighted by molar-refractivity contribution is -0.738. The average Bonchev–Trinajstić information content (AvgIpc) is 2.13. The van der Waals surface area contributed by atoms with Crippen molar-refractivity contribution in [2.45, 2.75) is 13.3 Å². The molecule has 1 aliphatic heterocycles. The second-order valence-electron chi connectivity index (χ2n) is 2.14. The Morgan fingerprint density at radius 2 is 2.30 bits per heavy atom. The van der Waals surface area contributed by atoms with Gasteiger partial charge in [-0.2, -0.15) is 4.99 Å². The fraction of sp³-hybridized carbons (Fsp3) is 0.500. The summed E-state index contributed by atoms with van der Waals surface area (Å²) in [5.41, 5.74) is 0. The van der Waals surface area contributed by atoms with Gasteiger partial charge < -0.3 is 0 Å². The molecule has 56 valence electrons. The monoisotopic (exact) mass is 363 g/mol. The number of nitrogens with one attached hydrogen (secondary N) is 1. The SMILES string of the molecule is CCC[NH+]1C=C(I)N=C1I. The molecule has 1 atom stereocenters. The van der Waals surface area contributed by atoms with E-state index in [4.69, 9.17) is 0 Å². The van der Waals surface area contributed by atoms with Gasteiger partial charge in [0.05, 0.1) is 29.1 Å². The lowest BCUT2D eigenvalue weighted by Gasteiger charge is -2.04. The van der Waals surface area contributed by atoms with Crippen LogP contribution in [0.1, 0.15) is 13.3 Å². The second-order valence-corrected chi connectivity index (χ2v) is 4.27. The van der Waals surface area contributed by atoms with Gasteiger partial charge in [0.1, 0.15) is 6.20 Å². The van der Waals surface area contributed by atoms with Crippen LogP contribution in [-0.2, 0) is 0 Å². The van der Waals surface area contributed by atoms with Gasteiger partial charge in [0.25, 0.3) is 3.84 Å². The lowest BCUT2D eigenvalue weighted by atomic mass is 10.5. The number of nitrogens with zero attached hydrogens (tertiary/aromatic N) is 1. The molecule has 4 heteroatoms. The highest BCUT2D eigenvalue weighted by Crippen LogP contribution is 2.09. The van der Waals surface area contributed by atoms with Gasteiger partial charge in [0, 0.05) is 0 Å². The van der Waals surface area contributed by atoms with E-state index in [0.717, 1.165) is 10.2 Å². The number of rotatable bonds is 2. The smallest absolute Gasteiger partial charge is 0.252 e. The van der Waals surface area contributed by atoms with E-state index in [9.17, 15) is 0 Å². The van der Waals surface area contributed by atoms with Gasteiger partial charge in [0.15, 0.2) is 3.70 Å². The fourth-order valence-corrected chi connectivity index (χ4v) is 2.61. The van der Waals surface area contributed by atoms with Crippen LogP contribution < -0.4 is 4.90 Å². The molecule has 2 nitrogen and oxygen atoms in total. The molecule has 0 fully saturated rings. The zero-order valence-corrected chi connectivity index (χ0v) is 10.0. The minimum absolute atomic E-state index is 1.12. The van der Waals surface area contributed by atoms with E-state index in [-0.39, 0.29) is 0 Å². The minimum Gasteiger partial charge on any atom is -0.252 e. The summed E-state index contributed by atoms with van der Waals surface area (Å²) in [7, 11) is 0. The Labute approximate surface area is 88.0 Å². The molecular formula is C6H9I2N2+. The maximum absolute atomic E-state index is 4.30. The van der Waals surface area contributed by atoms with Crippen molar-refractivity contribution < 1.29 is 4.90 Å². The molecule has 0 radical (unpaired) electrons. The molecule has 0 spiro atoms. The van der Waals surface area contributed by atoms with Crippen LogP contribution in [0.25, 0.3) is 0 Å². The largest absolute Gasteiger partial charge is 0.268 e. The molecule has 1 rings (SSSR count). The molecule has 1 heterocycles. The topological polar surface area (TPSA) is 16.8 Å². The summed E-state index contributed by atoms with van der Waals surface area (Å²) in [6.45, 7) is 3.35. The van der Waals surface area contributed by atoms with E-state index < -0.39 is 0 Å². The van der Waals surface area contributed by atoms with E-state index in [1.165, 1.54) is 15.2 Å². The molecular weight excluding hydrogens is 354 g/mol. The quantitative estimate of drug-likeness (QED) is 0.563. The first kappa shape index (κ1) is 8.92. The molecule has 0 saturated heterocycles. The summed E-state index contributed by atoms with van der Waals surface area (Å²) in [6, 6.07) is 0. The van der Waals surface area contributed by atoms with Crippen LogP contribution in [0.15, 0.2) is 14.9 Å². The normalized spacial score (nSPS) is 24.5. The van der Waals surface area contributed by atoms with E-state index in [1.54, 1.807) is 0 Å². The van der Waals surface area contributed by atoms with Gasteiger partial charge in [-0.15, -0.1) is 0 Å². The number of aliphatic imine (C=N–C) groups is 1. The third-order valence-electron chi connectivity index (χ3n) is 1.28. The Hall–Kier alpha value is 0.830. The first-order chi connectivity index (χ1) is 4.74. The van der Waals surface area contributed by atoms with E-state index in [2.05, 4.69) is 63.3 Å². The maximum Gasteiger partial charge on any atom is 0.268 e. The van der Waals surface area contributed by atoms with E-state index >= 15 is 0 Å². The van der Waals surface area contributed by atoms with Gasteiger partial charge in [-0.25, -0.2) is 0 Å². The Balaban J connectivity index is 2.56. The molecule has 10 heavy (non-hydrogen) atoms. The molecule has 0 aromatic rings. The van der Waals surface area contributed by atoms with Gasteiger partial charge in [-0.05, 0) is 29.0 Å². The van der Waals surface area contributed by atoms with Crippen molar-refractivity contribution in [3.05, 3.63) is 9.90 Å². The first-order valence-electron chi connectivity index (χ1n) is 3.21. The summed E-state index contributed by atoms with van der Waals surface area (Å²) >= 11 is 4.54. The summed E-state index contributed by atoms with van der Waals surface area (Å²) in [5, 5.41) is 0. The molecule has 0 aromatic heterocycles. The molecule has 1 aliphatic rings. The Bertz CT molecular complexity index is 186. The molecule has 1 N–H and O–H groups in total. The zero-order chi connectivity index (χ0) is 7.56. The van der Waals surface area contributed by atoms with Gasteiger partial charge in [0.2, 0.25) is 0 Å². The third kappa shape index (κ3) is 2.16. The predicted octanol–water partition coefficient (Wildman–Crippen LogP) is 1.32. The van der Waals surface area contributed by atoms with Crippen molar-refractivity contribution in [1.82, 2.24) is 0 Å². The molecule has 0 aliphatic carbocycles. The second kappa shape index (κ2) is 4.01. The molecule has 0 aromatic carbocycles. The standard InChI is InChI=1S/C6H8I2N2/c1-2-3-10-4-5(7)9-6(10)8/h4H,2-3H2,1H3/p+1. The van der Waals surface area contributed by atoms with Crippen molar-refractivity contribution in [3.63, 3.8) is 0 Å². The van der Waals surface area contributed by atoms with Crippen LogP contribution in [0.2, 0.25) is 0 Å². The number of amidine groups is 1. The highest BCUT2D eigenvalue weighted by molar-refractivity contribution is 14.1. The molecule has 0 amide bonds. The van der Waals surface area contributed by atoms with E-state index in [1.807, 2.05) is 0 Å². The molecule has 0 saturated carbocycles. The molecule has 0 bridgehead atoms. The van der Waals surface area contributed by atoms with Crippen molar-refractivity contribution >= 4 is 49.0 Å². The predicted molar refractivity (Wildman–Crippen MR) is 59.7 cm³/mol. The number of hydrogen-bond acceptors (Lipinski definition) is 1. The zero-order valence-electron chi connectivity index (χ0n) is 5.69. The first-order valence-corrected chi connectivity index (χ1v) is 5.37. The van der Waals surface area contributed by atoms with Crippen LogP contribution in [0.5, 0.6) is 0 Å². The minimum atomic E-state index is 1.12. The van der Waals surface area contributed by atoms with E-state index in [0.29, 0.717) is 0 Å². The van der Waals surface area contributed by atoms with Crippen LogP contribution in [0.3, 0.4) is 0 Å². The summed E-state index contributed by atoms with van der Waals surface area (Å²) in [5.74, 6) is 0. The lowest BCUT2D eigenvalue weighted by Crippen LogP contribution is -3.08. The van der Waals surface area contributed by atoms with Crippen molar-refractivity contribution in [1.29, 1.82) is 0 Å². The van der Waals surface area contributed by atoms with Crippen LogP contribution >= 0.6 is 45.2 Å². The third-order valence-corrected chi connectivity index (χ3v) is 2.77. The molecule has 1 unspecified atom stereocenters. The highest BCUT2D eigenvalue weighted by Gasteiger charge is 2.17. The fourth-order valence-electron chi connectivity index (χ4n) is 0.846. The number of hydrogen-bond donors (Lipinski definition) is 1. The summed E-state index contributed by atoms with van der Waals surface area (Å²) < 4.78 is 2.29. The van der Waals surface area contributed by atoms with Gasteiger partial charge in [-0.1, -0.05) is 6.92 Å². The van der Waals surface area contributed by atoms with Crippen molar-refractivity contribution in [3.8, 4) is 0 Å². The highest BCUT2D eigenvalue weighted by atomic mass is 127. The van der Waals surface area contributed by atoms with Crippen LogP contribution in [0.4, 0.5) is 0 Å². The van der Waals surface area contributed by atoms with Crippen LogP contribution in [0, 0.1) is 0 Å². The van der Waals surface area contributed by atoms with Gasteiger partial charge in [-0.3, -0.25) is 4.90 Å². The van der Waals surface area contributed by atoms with Gasteiger partial charge >= 0.3 is 0 Å². The summed E-state index contributed by atoms with van der Waals surface area (Å²) in [6.07, 6.45) is 3.36. The van der Waals surface area contributed by atoms with Crippen molar-refractivity contribution in [2.24, 2.45) is 4.99 Å². The number of quaternary nitrogens is 1. The average molecular weight is 363 g/mol. The number of halogens is 2. The van der Waals surface area contributed by atoms with Crippen molar-refractivity contribution in [2.75, 3.05) is 6.54 Å². The Morgan fingerprint density at radius 3 is 2.70 bits per heavy atom. The Morgan fingerprint density at radius 1 is 1.60 bits per heavy atom. The maximum atomic E-state index is 4.30. The van der Waals surface area contributed by atoms with Crippen LogP contribution in [-0.4, -0.2) is 10.4 Å².